The SMILES string of the molecule is C=CC(=N)C(C)(CC)C/C1=C(\C)Cc2ccc3c(oc4ccccc43)c2-c2n(-c3ccc(C(C)(C)C)cc3-c3ccccc3)c3ccccc3[n+]2C1. The Balaban J connectivity index is 1.52. The third-order valence-corrected chi connectivity index (χ3v) is 11.6. The molecular weight excluding hydrogens is 635 g/mol. The van der Waals surface area contributed by atoms with Crippen LogP contribution in [0.2, 0.25) is 0 Å². The van der Waals surface area contributed by atoms with Crippen molar-refractivity contribution in [3.8, 4) is 28.2 Å². The first-order valence-electron chi connectivity index (χ1n) is 18.6. The van der Waals surface area contributed by atoms with Gasteiger partial charge in [-0.2, -0.15) is 4.57 Å². The minimum Gasteiger partial charge on any atom is -0.455 e. The second kappa shape index (κ2) is 12.6. The Morgan fingerprint density at radius 1 is 0.885 bits per heavy atom. The van der Waals surface area contributed by atoms with Crippen LogP contribution in [-0.2, 0) is 18.4 Å². The summed E-state index contributed by atoms with van der Waals surface area (Å²) in [5.74, 6) is 1.11. The summed E-state index contributed by atoms with van der Waals surface area (Å²) in [5.41, 5.74) is 14.3. The molecule has 0 aliphatic carbocycles. The van der Waals surface area contributed by atoms with E-state index in [1.807, 2.05) is 0 Å². The van der Waals surface area contributed by atoms with E-state index in [1.54, 1.807) is 6.08 Å². The highest BCUT2D eigenvalue weighted by Gasteiger charge is 2.37. The number of allylic oxidation sites excluding steroid dienone is 3. The van der Waals surface area contributed by atoms with Gasteiger partial charge in [-0.25, -0.2) is 4.57 Å². The number of nitrogens with one attached hydrogen (secondary N) is 1. The van der Waals surface area contributed by atoms with Crippen LogP contribution < -0.4 is 4.57 Å². The van der Waals surface area contributed by atoms with Crippen LogP contribution in [0.15, 0.2) is 137 Å². The molecule has 5 aromatic carbocycles. The second-order valence-corrected chi connectivity index (χ2v) is 15.9. The largest absolute Gasteiger partial charge is 0.455 e. The van der Waals surface area contributed by atoms with Crippen molar-refractivity contribution in [2.75, 3.05) is 0 Å². The monoisotopic (exact) mass is 682 g/mol. The molecule has 52 heavy (non-hydrogen) atoms. The predicted octanol–water partition coefficient (Wildman–Crippen LogP) is 12.3. The lowest BCUT2D eigenvalue weighted by Gasteiger charge is -2.30. The molecule has 0 radical (unpaired) electrons. The van der Waals surface area contributed by atoms with E-state index >= 15 is 0 Å². The van der Waals surface area contributed by atoms with E-state index in [2.05, 4.69) is 166 Å². The molecule has 1 atom stereocenters. The van der Waals surface area contributed by atoms with Gasteiger partial charge in [0.05, 0.1) is 0 Å². The molecule has 0 fully saturated rings. The van der Waals surface area contributed by atoms with E-state index in [4.69, 9.17) is 9.83 Å². The van der Waals surface area contributed by atoms with E-state index in [9.17, 15) is 0 Å². The average Bonchev–Trinajstić information content (AvgIpc) is 3.68. The number of fused-ring (bicyclic) bond motifs is 9. The van der Waals surface area contributed by atoms with Crippen LogP contribution in [0.25, 0.3) is 61.2 Å². The highest BCUT2D eigenvalue weighted by atomic mass is 16.3. The lowest BCUT2D eigenvalue weighted by molar-refractivity contribution is -0.652. The molecule has 1 aliphatic heterocycles. The minimum atomic E-state index is -0.314. The first-order chi connectivity index (χ1) is 25.0. The van der Waals surface area contributed by atoms with E-state index in [0.717, 1.165) is 63.8 Å². The van der Waals surface area contributed by atoms with Gasteiger partial charge >= 0.3 is 0 Å². The van der Waals surface area contributed by atoms with E-state index in [1.165, 1.54) is 38.9 Å². The molecule has 4 heteroatoms. The first-order valence-corrected chi connectivity index (χ1v) is 18.6. The van der Waals surface area contributed by atoms with E-state index in [0.29, 0.717) is 12.3 Å². The molecule has 1 unspecified atom stereocenters. The number of nitrogens with zero attached hydrogens (tertiary/aromatic N) is 2. The molecule has 7 aromatic rings. The topological polar surface area (TPSA) is 45.8 Å². The Bertz CT molecular complexity index is 2570. The fourth-order valence-corrected chi connectivity index (χ4v) is 8.22. The van der Waals surface area contributed by atoms with Crippen LogP contribution in [0.3, 0.4) is 0 Å². The first kappa shape index (κ1) is 33.7. The van der Waals surface area contributed by atoms with Gasteiger partial charge in [0.1, 0.15) is 23.4 Å². The summed E-state index contributed by atoms with van der Waals surface area (Å²) in [6.07, 6.45) is 4.19. The van der Waals surface area contributed by atoms with Crippen molar-refractivity contribution in [3.63, 3.8) is 0 Å². The van der Waals surface area contributed by atoms with Gasteiger partial charge in [-0.3, -0.25) is 0 Å². The van der Waals surface area contributed by atoms with Crippen molar-refractivity contribution in [2.24, 2.45) is 5.41 Å². The molecule has 0 bridgehead atoms. The molecule has 1 aliphatic rings. The lowest BCUT2D eigenvalue weighted by Crippen LogP contribution is -2.39. The molecule has 1 N–H and O–H groups in total. The van der Waals surface area contributed by atoms with Gasteiger partial charge in [-0.05, 0) is 90.3 Å². The molecule has 0 spiro atoms. The normalized spacial score (nSPS) is 16.0. The Hall–Kier alpha value is -5.48. The molecule has 0 saturated heterocycles. The van der Waals surface area contributed by atoms with Crippen LogP contribution in [-0.4, -0.2) is 10.3 Å². The Morgan fingerprint density at radius 2 is 1.62 bits per heavy atom. The van der Waals surface area contributed by atoms with E-state index in [-0.39, 0.29) is 10.8 Å². The van der Waals surface area contributed by atoms with Gasteiger partial charge in [-0.15, -0.1) is 0 Å². The van der Waals surface area contributed by atoms with Gasteiger partial charge < -0.3 is 9.83 Å². The highest BCUT2D eigenvalue weighted by Crippen LogP contribution is 2.44. The smallest absolute Gasteiger partial charge is 0.299 e. The van der Waals surface area contributed by atoms with Crippen molar-refractivity contribution in [3.05, 3.63) is 144 Å². The molecule has 2 aromatic heterocycles. The van der Waals surface area contributed by atoms with Gasteiger partial charge in [0.2, 0.25) is 0 Å². The van der Waals surface area contributed by atoms with Crippen LogP contribution in [0.5, 0.6) is 0 Å². The number of hydrogen-bond acceptors (Lipinski definition) is 2. The Kier molecular flexibility index (Phi) is 8.17. The van der Waals surface area contributed by atoms with Gasteiger partial charge in [0, 0.05) is 27.5 Å². The van der Waals surface area contributed by atoms with Gasteiger partial charge in [0.15, 0.2) is 16.6 Å². The van der Waals surface area contributed by atoms with Crippen molar-refractivity contribution >= 4 is 38.7 Å². The zero-order valence-corrected chi connectivity index (χ0v) is 31.3. The number of imidazole rings is 1. The standard InChI is InChI=1S/C48H48N3O/c1-8-43(49)48(7,9-2)29-34-30-50-40-20-14-15-21-41(40)51(39-26-24-35(47(4,5)6)28-38(39)32-17-11-10-12-18-32)46(50)44-33(27-31(34)3)23-25-37-36-19-13-16-22-42(36)52-45(37)44/h8,10-26,28,49H,1,9,27,29-30H2,2-7H3/q+1/b34-31-,49-43?. The number of aromatic nitrogens is 2. The summed E-state index contributed by atoms with van der Waals surface area (Å²) < 4.78 is 11.9. The summed E-state index contributed by atoms with van der Waals surface area (Å²) in [6.45, 7) is 18.3. The van der Waals surface area contributed by atoms with Crippen molar-refractivity contribution in [1.29, 1.82) is 5.41 Å². The summed E-state index contributed by atoms with van der Waals surface area (Å²) in [5, 5.41) is 11.2. The Labute approximate surface area is 307 Å². The quantitative estimate of drug-likeness (QED) is 0.101. The van der Waals surface area contributed by atoms with Crippen molar-refractivity contribution < 1.29 is 8.98 Å². The number of benzene rings is 5. The van der Waals surface area contributed by atoms with Crippen LogP contribution in [0.4, 0.5) is 0 Å². The number of hydrogen-bond donors (Lipinski definition) is 1. The molecule has 260 valence electrons. The van der Waals surface area contributed by atoms with Gasteiger partial charge in [0.25, 0.3) is 5.82 Å². The third kappa shape index (κ3) is 5.44. The van der Waals surface area contributed by atoms with Crippen LogP contribution in [0, 0.1) is 10.8 Å². The molecule has 8 rings (SSSR count). The molecule has 0 amide bonds. The number of rotatable bonds is 7. The lowest BCUT2D eigenvalue weighted by atomic mass is 9.75. The van der Waals surface area contributed by atoms with Crippen LogP contribution >= 0.6 is 0 Å². The summed E-state index contributed by atoms with van der Waals surface area (Å²) in [7, 11) is 0. The van der Waals surface area contributed by atoms with Gasteiger partial charge in [-0.1, -0.05) is 126 Å². The average molecular weight is 683 g/mol. The maximum atomic E-state index is 8.93. The second-order valence-electron chi connectivity index (χ2n) is 15.9. The number of para-hydroxylation sites is 3. The predicted molar refractivity (Wildman–Crippen MR) is 218 cm³/mol. The fraction of sp³-hybridized carbons (Fsp3) is 0.250. The summed E-state index contributed by atoms with van der Waals surface area (Å²) in [4.78, 5) is 0. The number of furan rings is 1. The minimum absolute atomic E-state index is 0.0141. The highest BCUT2D eigenvalue weighted by molar-refractivity contribution is 6.10. The fourth-order valence-electron chi connectivity index (χ4n) is 8.22. The molecular formula is C48H48N3O+. The summed E-state index contributed by atoms with van der Waals surface area (Å²) in [6, 6.07) is 39.7. The van der Waals surface area contributed by atoms with E-state index < -0.39 is 0 Å². The Morgan fingerprint density at radius 3 is 2.37 bits per heavy atom. The maximum Gasteiger partial charge on any atom is 0.299 e. The molecule has 4 nitrogen and oxygen atoms in total. The zero-order valence-electron chi connectivity index (χ0n) is 31.3. The van der Waals surface area contributed by atoms with Crippen LogP contribution in [0.1, 0.15) is 65.5 Å². The molecule has 0 saturated carbocycles. The van der Waals surface area contributed by atoms with Crippen molar-refractivity contribution in [2.45, 2.75) is 72.8 Å². The third-order valence-electron chi connectivity index (χ3n) is 11.6. The maximum absolute atomic E-state index is 8.93. The molecule has 3 heterocycles. The summed E-state index contributed by atoms with van der Waals surface area (Å²) >= 11 is 0. The zero-order chi connectivity index (χ0) is 36.4. The van der Waals surface area contributed by atoms with Crippen molar-refractivity contribution in [1.82, 2.24) is 4.57 Å².